The van der Waals surface area contributed by atoms with Gasteiger partial charge in [0.25, 0.3) is 0 Å². The highest BCUT2D eigenvalue weighted by molar-refractivity contribution is 6.11. The van der Waals surface area contributed by atoms with Crippen molar-refractivity contribution in [3.05, 3.63) is 230 Å². The summed E-state index contributed by atoms with van der Waals surface area (Å²) in [6.45, 7) is 4.81. The third kappa shape index (κ3) is 6.25. The van der Waals surface area contributed by atoms with E-state index in [1.165, 1.54) is 55.2 Å². The molecule has 4 heteroatoms. The average molecular weight is 821 g/mol. The van der Waals surface area contributed by atoms with Crippen LogP contribution in [0.25, 0.3) is 95.0 Å². The van der Waals surface area contributed by atoms with Crippen molar-refractivity contribution in [2.45, 2.75) is 25.2 Å². The van der Waals surface area contributed by atoms with Gasteiger partial charge in [-0.1, -0.05) is 220 Å². The third-order valence-electron chi connectivity index (χ3n) is 13.6. The summed E-state index contributed by atoms with van der Waals surface area (Å²) in [4.78, 5) is 16.2. The summed E-state index contributed by atoms with van der Waals surface area (Å²) in [7, 11) is 0. The molecule has 2 aliphatic rings. The van der Waals surface area contributed by atoms with Gasteiger partial charge in [-0.15, -0.1) is 0 Å². The quantitative estimate of drug-likeness (QED) is 0.161. The predicted molar refractivity (Wildman–Crippen MR) is 264 cm³/mol. The first-order valence-electron chi connectivity index (χ1n) is 22.2. The maximum absolute atomic E-state index is 5.45. The zero-order valence-electron chi connectivity index (χ0n) is 35.7. The van der Waals surface area contributed by atoms with Crippen LogP contribution in [-0.2, 0) is 5.41 Å². The van der Waals surface area contributed by atoms with Crippen LogP contribution >= 0.6 is 0 Å². The van der Waals surface area contributed by atoms with Crippen LogP contribution in [-0.4, -0.2) is 19.5 Å². The fourth-order valence-corrected chi connectivity index (χ4v) is 10.4. The highest BCUT2D eigenvalue weighted by atomic mass is 15.2. The van der Waals surface area contributed by atoms with E-state index in [1.54, 1.807) is 0 Å². The summed E-state index contributed by atoms with van der Waals surface area (Å²) in [6.07, 6.45) is 9.18. The molecule has 12 rings (SSSR count). The van der Waals surface area contributed by atoms with Crippen LogP contribution < -0.4 is 0 Å². The Morgan fingerprint density at radius 2 is 0.953 bits per heavy atom. The topological polar surface area (TPSA) is 43.6 Å². The van der Waals surface area contributed by atoms with Crippen LogP contribution in [0.3, 0.4) is 0 Å². The minimum atomic E-state index is -0.137. The molecule has 8 aromatic carbocycles. The van der Waals surface area contributed by atoms with Gasteiger partial charge in [-0.05, 0) is 79.1 Å². The summed E-state index contributed by atoms with van der Waals surface area (Å²) in [5.74, 6) is 2.51. The standard InChI is InChI=1S/C60H44N4/c1-60(2)53-26-13-11-24-49(53)51-36-37-52-50-25-12-14-27-54(50)64(56(52)55(51)60)59-62-57(44-34-32-43(33-35-44)48-23-10-9-22-47(48)42-18-7-4-8-19-42)61-58(63-59)46-21-15-20-45(38-46)41-30-28-40(29-31-41)39-16-5-3-6-17-39/h3-38,49,53H,1-2H3. The summed E-state index contributed by atoms with van der Waals surface area (Å²) >= 11 is 0. The zero-order valence-corrected chi connectivity index (χ0v) is 35.7. The molecular weight excluding hydrogens is 777 g/mol. The maximum atomic E-state index is 5.45. The van der Waals surface area contributed by atoms with E-state index in [2.05, 4.69) is 237 Å². The fraction of sp³-hybridized carbons (Fsp3) is 0.0833. The second kappa shape index (κ2) is 15.1. The van der Waals surface area contributed by atoms with Gasteiger partial charge in [0.1, 0.15) is 0 Å². The van der Waals surface area contributed by atoms with E-state index in [1.807, 2.05) is 0 Å². The Kier molecular flexibility index (Phi) is 8.94. The molecule has 2 aliphatic carbocycles. The Bertz CT molecular complexity index is 3450. The second-order valence-corrected chi connectivity index (χ2v) is 17.6. The van der Waals surface area contributed by atoms with Crippen molar-refractivity contribution in [1.82, 2.24) is 19.5 Å². The first-order valence-corrected chi connectivity index (χ1v) is 22.2. The number of rotatable bonds is 7. The highest BCUT2D eigenvalue weighted by Gasteiger charge is 2.46. The number of nitrogens with zero attached hydrogens (tertiary/aromatic N) is 4. The van der Waals surface area contributed by atoms with Crippen LogP contribution in [0.4, 0.5) is 0 Å². The first-order chi connectivity index (χ1) is 31.5. The van der Waals surface area contributed by atoms with Crippen molar-refractivity contribution < 1.29 is 0 Å². The third-order valence-corrected chi connectivity index (χ3v) is 13.6. The lowest BCUT2D eigenvalue weighted by Gasteiger charge is -2.30. The van der Waals surface area contributed by atoms with Gasteiger partial charge in [0.15, 0.2) is 11.6 Å². The summed E-state index contributed by atoms with van der Waals surface area (Å²) in [5.41, 5.74) is 16.0. The van der Waals surface area contributed by atoms with Crippen molar-refractivity contribution >= 4 is 21.8 Å². The maximum Gasteiger partial charge on any atom is 0.238 e. The molecule has 0 spiro atoms. The molecule has 0 aliphatic heterocycles. The molecule has 0 saturated carbocycles. The van der Waals surface area contributed by atoms with Gasteiger partial charge in [0.05, 0.1) is 11.0 Å². The zero-order chi connectivity index (χ0) is 42.8. The molecule has 10 aromatic rings. The van der Waals surface area contributed by atoms with Crippen LogP contribution in [0.5, 0.6) is 0 Å². The molecule has 0 N–H and O–H groups in total. The minimum Gasteiger partial charge on any atom is -0.277 e. The van der Waals surface area contributed by atoms with Crippen LogP contribution in [0.2, 0.25) is 0 Å². The Morgan fingerprint density at radius 1 is 0.422 bits per heavy atom. The van der Waals surface area contributed by atoms with Gasteiger partial charge in [-0.3, -0.25) is 4.57 Å². The Morgan fingerprint density at radius 3 is 1.69 bits per heavy atom. The number of hydrogen-bond donors (Lipinski definition) is 0. The largest absolute Gasteiger partial charge is 0.277 e. The van der Waals surface area contributed by atoms with Crippen molar-refractivity contribution in [3.63, 3.8) is 0 Å². The normalized spacial score (nSPS) is 16.0. The SMILES string of the molecule is CC1(C)c2c(ccc3c4ccccc4n(-c4nc(-c5ccc(-c6ccccc6-c6ccccc6)cc5)nc(-c5cccc(-c6ccc(-c7ccccc7)cc6)c5)n4)c23)C2C=CC=CC21. The van der Waals surface area contributed by atoms with E-state index in [-0.39, 0.29) is 5.41 Å². The van der Waals surface area contributed by atoms with E-state index in [4.69, 9.17) is 15.0 Å². The van der Waals surface area contributed by atoms with Gasteiger partial charge < -0.3 is 0 Å². The Labute approximate surface area is 373 Å². The number of allylic oxidation sites excluding steroid dienone is 4. The predicted octanol–water partition coefficient (Wildman–Crippen LogP) is 15.1. The molecule has 0 bridgehead atoms. The molecule has 0 radical (unpaired) electrons. The second-order valence-electron chi connectivity index (χ2n) is 17.6. The first kappa shape index (κ1) is 37.8. The van der Waals surface area contributed by atoms with Gasteiger partial charge in [0.2, 0.25) is 5.95 Å². The van der Waals surface area contributed by atoms with Gasteiger partial charge in [-0.2, -0.15) is 9.97 Å². The highest BCUT2D eigenvalue weighted by Crippen LogP contribution is 2.56. The summed E-state index contributed by atoms with van der Waals surface area (Å²) in [6, 6.07) is 69.2. The van der Waals surface area contributed by atoms with E-state index in [0.717, 1.165) is 33.3 Å². The minimum absolute atomic E-state index is 0.137. The lowest BCUT2D eigenvalue weighted by atomic mass is 9.74. The van der Waals surface area contributed by atoms with E-state index in [0.29, 0.717) is 29.4 Å². The van der Waals surface area contributed by atoms with Gasteiger partial charge in [0, 0.05) is 27.8 Å². The van der Waals surface area contributed by atoms with Crippen molar-refractivity contribution in [2.24, 2.45) is 5.92 Å². The molecule has 0 saturated heterocycles. The van der Waals surface area contributed by atoms with Crippen molar-refractivity contribution in [2.75, 3.05) is 0 Å². The molecule has 304 valence electrons. The summed E-state index contributed by atoms with van der Waals surface area (Å²) in [5, 5.41) is 2.39. The summed E-state index contributed by atoms with van der Waals surface area (Å²) < 4.78 is 2.32. The molecule has 2 atom stereocenters. The average Bonchev–Trinajstić information content (AvgIpc) is 3.82. The molecule has 0 amide bonds. The molecule has 0 fully saturated rings. The van der Waals surface area contributed by atoms with E-state index < -0.39 is 0 Å². The smallest absolute Gasteiger partial charge is 0.238 e. The van der Waals surface area contributed by atoms with E-state index >= 15 is 0 Å². The number of fused-ring (bicyclic) bond motifs is 7. The lowest BCUT2D eigenvalue weighted by molar-refractivity contribution is 0.396. The Balaban J connectivity index is 1.04. The number of hydrogen-bond acceptors (Lipinski definition) is 3. The molecule has 2 unspecified atom stereocenters. The molecular formula is C60H44N4. The van der Waals surface area contributed by atoms with Gasteiger partial charge >= 0.3 is 0 Å². The Hall–Kier alpha value is -7.95. The molecule has 4 nitrogen and oxygen atoms in total. The van der Waals surface area contributed by atoms with Crippen LogP contribution in [0.1, 0.15) is 30.9 Å². The number of benzene rings is 8. The molecule has 2 aromatic heterocycles. The molecule has 64 heavy (non-hydrogen) atoms. The number of para-hydroxylation sites is 1. The van der Waals surface area contributed by atoms with Crippen LogP contribution in [0, 0.1) is 5.92 Å². The van der Waals surface area contributed by atoms with Gasteiger partial charge in [-0.25, -0.2) is 4.98 Å². The van der Waals surface area contributed by atoms with Crippen LogP contribution in [0.15, 0.2) is 218 Å². The van der Waals surface area contributed by atoms with Crippen molar-refractivity contribution in [3.8, 4) is 73.2 Å². The van der Waals surface area contributed by atoms with E-state index in [9.17, 15) is 0 Å². The van der Waals surface area contributed by atoms with Crippen molar-refractivity contribution in [1.29, 1.82) is 0 Å². The number of aromatic nitrogens is 4. The molecule has 2 heterocycles. The monoisotopic (exact) mass is 820 g/mol. The lowest BCUT2D eigenvalue weighted by Crippen LogP contribution is -2.25. The fourth-order valence-electron chi connectivity index (χ4n) is 10.4.